The van der Waals surface area contributed by atoms with Gasteiger partial charge in [0.05, 0.1) is 6.61 Å². The molecule has 0 saturated heterocycles. The van der Waals surface area contributed by atoms with E-state index in [0.29, 0.717) is 30.7 Å². The lowest BCUT2D eigenvalue weighted by atomic mass is 9.58. The zero-order valence-corrected chi connectivity index (χ0v) is 20.6. The van der Waals surface area contributed by atoms with Crippen LogP contribution in [0.4, 0.5) is 5.69 Å². The predicted molar refractivity (Wildman–Crippen MR) is 128 cm³/mol. The average Bonchev–Trinajstić information content (AvgIpc) is 3.06. The maximum absolute atomic E-state index is 12.1. The van der Waals surface area contributed by atoms with Crippen LogP contribution in [-0.4, -0.2) is 46.3 Å². The molecule has 2 saturated carbocycles. The van der Waals surface area contributed by atoms with Gasteiger partial charge in [0, 0.05) is 46.3 Å². The fourth-order valence-electron chi connectivity index (χ4n) is 6.28. The lowest BCUT2D eigenvalue weighted by molar-refractivity contribution is -0.170. The molecule has 4 N–H and O–H groups in total. The highest BCUT2D eigenvalue weighted by Gasteiger charge is 2.79. The van der Waals surface area contributed by atoms with Gasteiger partial charge in [-0.2, -0.15) is 0 Å². The monoisotopic (exact) mass is 478 g/mol. The summed E-state index contributed by atoms with van der Waals surface area (Å²) in [5.74, 6) is -0.754. The van der Waals surface area contributed by atoms with Crippen molar-refractivity contribution in [3.63, 3.8) is 0 Å². The summed E-state index contributed by atoms with van der Waals surface area (Å²) in [5, 5.41) is 29.8. The second kappa shape index (κ2) is 8.60. The third-order valence-corrected chi connectivity index (χ3v) is 8.83. The Balaban J connectivity index is 0.000000454. The Labute approximate surface area is 200 Å². The minimum Gasteiger partial charge on any atom is -0.466 e. The normalized spacial score (nSPS) is 39.5. The molecule has 2 fully saturated rings. The second-order valence-electron chi connectivity index (χ2n) is 9.96. The first kappa shape index (κ1) is 25.5. The van der Waals surface area contributed by atoms with E-state index in [-0.39, 0.29) is 17.3 Å². The standard InChI is InChI=1S/C21H27ClN2O3.C4H8O2/c1-5-19(4)15(22)10-13-16(17(19)23-11-25)20(26)12-8-6-7-9-14(12)24-21(20,27)18(13,2)3;1-3-6-4(2)5/h5-9,11,13,15-17,24,26-27H,1,10H2,2-4H3,(H,23,25);3H2,1-2H3/t13-,15+,16-,17-,19+,20-,21+;/m0./s1. The van der Waals surface area contributed by atoms with Crippen molar-refractivity contribution in [2.75, 3.05) is 11.9 Å². The number of hydrogen-bond acceptors (Lipinski definition) is 6. The van der Waals surface area contributed by atoms with E-state index in [0.717, 1.165) is 0 Å². The Morgan fingerprint density at radius 2 is 1.97 bits per heavy atom. The number of aliphatic hydroxyl groups is 2. The zero-order chi connectivity index (χ0) is 24.8. The number of carbonyl (C=O) groups is 2. The molecule has 8 heteroatoms. The van der Waals surface area contributed by atoms with Gasteiger partial charge in [-0.05, 0) is 25.3 Å². The van der Waals surface area contributed by atoms with Crippen molar-refractivity contribution in [1.82, 2.24) is 5.32 Å². The Hall–Kier alpha value is -2.09. The van der Waals surface area contributed by atoms with Crippen LogP contribution in [0.15, 0.2) is 36.9 Å². The molecule has 7 nitrogen and oxygen atoms in total. The third kappa shape index (κ3) is 3.39. The fourth-order valence-corrected chi connectivity index (χ4v) is 6.70. The van der Waals surface area contributed by atoms with E-state index >= 15 is 0 Å². The number of benzene rings is 1. The molecule has 1 amide bonds. The van der Waals surface area contributed by atoms with E-state index < -0.39 is 34.1 Å². The summed E-state index contributed by atoms with van der Waals surface area (Å²) in [5.41, 5.74) is -3.09. The number of carbonyl (C=O) groups excluding carboxylic acids is 2. The molecule has 0 spiro atoms. The number of para-hydroxylation sites is 1. The van der Waals surface area contributed by atoms with Gasteiger partial charge in [-0.3, -0.25) is 9.59 Å². The summed E-state index contributed by atoms with van der Waals surface area (Å²) in [6, 6.07) is 6.95. The minimum atomic E-state index is -1.58. The average molecular weight is 479 g/mol. The predicted octanol–water partition coefficient (Wildman–Crippen LogP) is 3.15. The van der Waals surface area contributed by atoms with E-state index in [9.17, 15) is 19.8 Å². The molecule has 1 aliphatic heterocycles. The maximum Gasteiger partial charge on any atom is 0.302 e. The molecular formula is C25H35ClN2O5. The molecule has 1 aromatic rings. The summed E-state index contributed by atoms with van der Waals surface area (Å²) in [6.07, 6.45) is 3.03. The smallest absolute Gasteiger partial charge is 0.302 e. The highest BCUT2D eigenvalue weighted by Crippen LogP contribution is 2.71. The highest BCUT2D eigenvalue weighted by molar-refractivity contribution is 6.21. The lowest BCUT2D eigenvalue weighted by Crippen LogP contribution is -2.63. The highest BCUT2D eigenvalue weighted by atomic mass is 35.5. The lowest BCUT2D eigenvalue weighted by Gasteiger charge is -2.52. The number of ether oxygens (including phenoxy) is 1. The molecule has 182 valence electrons. The molecule has 1 aromatic carbocycles. The Morgan fingerprint density at radius 1 is 1.33 bits per heavy atom. The largest absolute Gasteiger partial charge is 0.466 e. The molecule has 0 radical (unpaired) electrons. The van der Waals surface area contributed by atoms with Crippen LogP contribution in [-0.2, 0) is 19.9 Å². The van der Waals surface area contributed by atoms with Gasteiger partial charge in [-0.1, -0.05) is 45.0 Å². The first-order valence-corrected chi connectivity index (χ1v) is 11.7. The zero-order valence-electron chi connectivity index (χ0n) is 19.9. The number of anilines is 1. The van der Waals surface area contributed by atoms with Crippen molar-refractivity contribution >= 4 is 29.7 Å². The van der Waals surface area contributed by atoms with Gasteiger partial charge in [0.1, 0.15) is 5.60 Å². The quantitative estimate of drug-likeness (QED) is 0.229. The van der Waals surface area contributed by atoms with E-state index in [1.165, 1.54) is 6.92 Å². The molecular weight excluding hydrogens is 444 g/mol. The van der Waals surface area contributed by atoms with Gasteiger partial charge in [0.15, 0.2) is 5.72 Å². The van der Waals surface area contributed by atoms with E-state index in [1.807, 2.05) is 45.0 Å². The van der Waals surface area contributed by atoms with E-state index in [1.54, 1.807) is 13.0 Å². The summed E-state index contributed by atoms with van der Waals surface area (Å²) in [7, 11) is 0. The van der Waals surface area contributed by atoms with Crippen LogP contribution in [0.2, 0.25) is 0 Å². The van der Waals surface area contributed by atoms with Gasteiger partial charge in [-0.25, -0.2) is 0 Å². The number of esters is 1. The number of halogens is 1. The molecule has 1 heterocycles. The van der Waals surface area contributed by atoms with Crippen LogP contribution in [0.25, 0.3) is 0 Å². The number of hydrogen-bond donors (Lipinski definition) is 4. The summed E-state index contributed by atoms with van der Waals surface area (Å²) >= 11 is 6.79. The van der Waals surface area contributed by atoms with E-state index in [2.05, 4.69) is 21.9 Å². The molecule has 7 atom stereocenters. The van der Waals surface area contributed by atoms with Gasteiger partial charge in [-0.15, -0.1) is 18.2 Å². The van der Waals surface area contributed by atoms with Gasteiger partial charge in [0.2, 0.25) is 6.41 Å². The summed E-state index contributed by atoms with van der Waals surface area (Å²) < 4.78 is 4.40. The van der Waals surface area contributed by atoms with Crippen molar-refractivity contribution in [1.29, 1.82) is 0 Å². The van der Waals surface area contributed by atoms with Gasteiger partial charge < -0.3 is 25.6 Å². The second-order valence-corrected chi connectivity index (χ2v) is 10.5. The molecule has 3 aliphatic rings. The topological polar surface area (TPSA) is 108 Å². The van der Waals surface area contributed by atoms with Gasteiger partial charge in [0.25, 0.3) is 0 Å². The van der Waals surface area contributed by atoms with Crippen molar-refractivity contribution in [3.05, 3.63) is 42.5 Å². The van der Waals surface area contributed by atoms with Crippen LogP contribution in [0, 0.1) is 22.7 Å². The van der Waals surface area contributed by atoms with Crippen molar-refractivity contribution in [2.45, 2.75) is 63.8 Å². The van der Waals surface area contributed by atoms with Crippen LogP contribution in [0.3, 0.4) is 0 Å². The van der Waals surface area contributed by atoms with Crippen LogP contribution in [0.1, 0.15) is 46.6 Å². The van der Waals surface area contributed by atoms with Crippen molar-refractivity contribution in [3.8, 4) is 0 Å². The summed E-state index contributed by atoms with van der Waals surface area (Å²) in [6.45, 7) is 13.5. The Bertz CT molecular complexity index is 939. The van der Waals surface area contributed by atoms with Crippen LogP contribution in [0.5, 0.6) is 0 Å². The van der Waals surface area contributed by atoms with Crippen molar-refractivity contribution < 1.29 is 24.5 Å². The van der Waals surface area contributed by atoms with Crippen LogP contribution >= 0.6 is 11.6 Å². The number of alkyl halides is 1. The first-order valence-electron chi connectivity index (χ1n) is 11.3. The van der Waals surface area contributed by atoms with Gasteiger partial charge >= 0.3 is 5.97 Å². The molecule has 2 aliphatic carbocycles. The van der Waals surface area contributed by atoms with Crippen LogP contribution < -0.4 is 10.6 Å². The SMILES string of the molecule is C=C[C@]1(C)[C@H](Cl)C[C@H]2[C@@H]([C@@H]1NC=O)[C@@]1(O)c3ccccc3N[C@@]1(O)C2(C)C.CCOC(C)=O. The molecule has 4 rings (SSSR count). The fraction of sp³-hybridized carbons (Fsp3) is 0.600. The maximum atomic E-state index is 12.1. The molecule has 0 bridgehead atoms. The number of fused-ring (bicyclic) bond motifs is 5. The third-order valence-electron chi connectivity index (χ3n) is 8.18. The first-order chi connectivity index (χ1) is 15.4. The molecule has 33 heavy (non-hydrogen) atoms. The minimum absolute atomic E-state index is 0.110. The van der Waals surface area contributed by atoms with Crippen molar-refractivity contribution in [2.24, 2.45) is 22.7 Å². The number of rotatable bonds is 4. The Morgan fingerprint density at radius 3 is 2.48 bits per heavy atom. The summed E-state index contributed by atoms with van der Waals surface area (Å²) in [4.78, 5) is 21.3. The number of nitrogens with one attached hydrogen (secondary N) is 2. The Kier molecular flexibility index (Phi) is 6.65. The number of amides is 1. The molecule has 0 unspecified atom stereocenters. The molecule has 0 aromatic heterocycles. The van der Waals surface area contributed by atoms with E-state index in [4.69, 9.17) is 11.6 Å².